The third kappa shape index (κ3) is 3.54. The molecule has 0 aliphatic carbocycles. The van der Waals surface area contributed by atoms with Crippen molar-refractivity contribution in [1.29, 1.82) is 0 Å². The van der Waals surface area contributed by atoms with E-state index < -0.39 is 0 Å². The van der Waals surface area contributed by atoms with Crippen LogP contribution in [0.4, 0.5) is 5.69 Å². The van der Waals surface area contributed by atoms with Gasteiger partial charge in [0.25, 0.3) is 0 Å². The van der Waals surface area contributed by atoms with Crippen LogP contribution in [0.1, 0.15) is 17.7 Å². The van der Waals surface area contributed by atoms with E-state index in [1.807, 2.05) is 18.7 Å². The van der Waals surface area contributed by atoms with Gasteiger partial charge in [0.1, 0.15) is 0 Å². The van der Waals surface area contributed by atoms with Crippen LogP contribution in [0.15, 0.2) is 53.4 Å². The molecule has 0 radical (unpaired) electrons. The van der Waals surface area contributed by atoms with Crippen LogP contribution in [0.5, 0.6) is 0 Å². The Hall–Kier alpha value is -2.14. The number of aryl methyl sites for hydroxylation is 3. The number of nitrogens with zero attached hydrogens (tertiary/aromatic N) is 4. The smallest absolute Gasteiger partial charge is 0.190 e. The summed E-state index contributed by atoms with van der Waals surface area (Å²) in [5.74, 6) is 0. The first-order valence-corrected chi connectivity index (χ1v) is 8.32. The first-order chi connectivity index (χ1) is 10.7. The highest BCUT2D eigenvalue weighted by Gasteiger charge is 2.02. The molecule has 0 amide bonds. The number of thiazole rings is 1. The predicted molar refractivity (Wildman–Crippen MR) is 90.3 cm³/mol. The molecule has 3 aromatic rings. The fraction of sp³-hybridized carbons (Fsp3) is 0.294. The summed E-state index contributed by atoms with van der Waals surface area (Å²) in [5.41, 5.74) is 3.53. The second kappa shape index (κ2) is 6.75. The van der Waals surface area contributed by atoms with Crippen molar-refractivity contribution in [3.05, 3.63) is 64.4 Å². The Morgan fingerprint density at radius 3 is 2.68 bits per heavy atom. The van der Waals surface area contributed by atoms with E-state index in [0.29, 0.717) is 0 Å². The Kier molecular flexibility index (Phi) is 4.53. The number of imidazole rings is 1. The summed E-state index contributed by atoms with van der Waals surface area (Å²) in [6.45, 7) is 6.18. The minimum Gasteiger partial charge on any atom is -0.337 e. The Morgan fingerprint density at radius 1 is 1.14 bits per heavy atom. The van der Waals surface area contributed by atoms with Crippen LogP contribution in [0, 0.1) is 13.8 Å². The fourth-order valence-electron chi connectivity index (χ4n) is 2.33. The molecule has 4 nitrogen and oxygen atoms in total. The van der Waals surface area contributed by atoms with Crippen molar-refractivity contribution in [2.24, 2.45) is 4.99 Å². The maximum absolute atomic E-state index is 4.78. The molecule has 0 saturated heterocycles. The third-order valence-electron chi connectivity index (χ3n) is 3.61. The van der Waals surface area contributed by atoms with Gasteiger partial charge in [-0.3, -0.25) is 0 Å². The maximum atomic E-state index is 4.78. The van der Waals surface area contributed by atoms with Gasteiger partial charge in [-0.2, -0.15) is 0 Å². The third-order valence-corrected chi connectivity index (χ3v) is 4.59. The molecule has 0 atom stereocenters. The molecule has 0 N–H and O–H groups in total. The van der Waals surface area contributed by atoms with Crippen molar-refractivity contribution in [1.82, 2.24) is 14.1 Å². The number of hydrogen-bond acceptors (Lipinski definition) is 3. The standard InChI is InChI=1S/C17H20N4S/c1-14-4-6-16(7-5-14)19-17-21(15(2)12-22-17)10-3-9-20-11-8-18-13-20/h4-8,11-13H,3,9-10H2,1-2H3. The van der Waals surface area contributed by atoms with Crippen LogP contribution in [-0.2, 0) is 13.1 Å². The van der Waals surface area contributed by atoms with E-state index in [4.69, 9.17) is 4.99 Å². The van der Waals surface area contributed by atoms with E-state index in [2.05, 4.69) is 57.6 Å². The minimum atomic E-state index is 0.970. The number of hydrogen-bond donors (Lipinski definition) is 0. The molecule has 1 aromatic carbocycles. The highest BCUT2D eigenvalue weighted by Crippen LogP contribution is 2.12. The number of rotatable bonds is 5. The normalized spacial score (nSPS) is 12.0. The molecule has 0 aliphatic rings. The fourth-order valence-corrected chi connectivity index (χ4v) is 3.26. The lowest BCUT2D eigenvalue weighted by Gasteiger charge is -2.06. The second-order valence-electron chi connectivity index (χ2n) is 5.41. The molecule has 0 aliphatic heterocycles. The zero-order valence-electron chi connectivity index (χ0n) is 12.9. The Labute approximate surface area is 134 Å². The van der Waals surface area contributed by atoms with Crippen LogP contribution < -0.4 is 4.80 Å². The summed E-state index contributed by atoms with van der Waals surface area (Å²) in [6, 6.07) is 8.34. The largest absolute Gasteiger partial charge is 0.337 e. The van der Waals surface area contributed by atoms with Gasteiger partial charge in [0, 0.05) is 36.6 Å². The molecule has 0 saturated carbocycles. The molecule has 22 heavy (non-hydrogen) atoms. The van der Waals surface area contributed by atoms with E-state index in [1.54, 1.807) is 11.3 Å². The number of aromatic nitrogens is 3. The summed E-state index contributed by atoms with van der Waals surface area (Å²) < 4.78 is 4.40. The summed E-state index contributed by atoms with van der Waals surface area (Å²) in [7, 11) is 0. The monoisotopic (exact) mass is 312 g/mol. The van der Waals surface area contributed by atoms with Crippen molar-refractivity contribution in [3.63, 3.8) is 0 Å². The maximum Gasteiger partial charge on any atom is 0.190 e. The van der Waals surface area contributed by atoms with Crippen LogP contribution in [-0.4, -0.2) is 14.1 Å². The van der Waals surface area contributed by atoms with E-state index >= 15 is 0 Å². The molecular formula is C17H20N4S. The first kappa shape index (κ1) is 14.8. The lowest BCUT2D eigenvalue weighted by Crippen LogP contribution is -2.17. The molecule has 0 unspecified atom stereocenters. The van der Waals surface area contributed by atoms with Gasteiger partial charge in [0.2, 0.25) is 0 Å². The first-order valence-electron chi connectivity index (χ1n) is 7.44. The van der Waals surface area contributed by atoms with Crippen molar-refractivity contribution in [2.45, 2.75) is 33.4 Å². The average molecular weight is 312 g/mol. The van der Waals surface area contributed by atoms with Crippen LogP contribution in [0.3, 0.4) is 0 Å². The van der Waals surface area contributed by atoms with Crippen molar-refractivity contribution >= 4 is 17.0 Å². The van der Waals surface area contributed by atoms with Crippen LogP contribution in [0.2, 0.25) is 0 Å². The van der Waals surface area contributed by atoms with Crippen LogP contribution >= 0.6 is 11.3 Å². The molecule has 0 spiro atoms. The summed E-state index contributed by atoms with van der Waals surface area (Å²) in [6.07, 6.45) is 6.75. The minimum absolute atomic E-state index is 0.970. The zero-order valence-corrected chi connectivity index (χ0v) is 13.8. The molecule has 114 valence electrons. The molecule has 0 bridgehead atoms. The molecule has 2 heterocycles. The van der Waals surface area contributed by atoms with Gasteiger partial charge < -0.3 is 9.13 Å². The topological polar surface area (TPSA) is 35.1 Å². The Morgan fingerprint density at radius 2 is 1.95 bits per heavy atom. The molecule has 2 aromatic heterocycles. The molecule has 3 rings (SSSR count). The van der Waals surface area contributed by atoms with Crippen LogP contribution in [0.25, 0.3) is 0 Å². The quantitative estimate of drug-likeness (QED) is 0.707. The van der Waals surface area contributed by atoms with E-state index in [-0.39, 0.29) is 0 Å². The lowest BCUT2D eigenvalue weighted by molar-refractivity contribution is 0.548. The summed E-state index contributed by atoms with van der Waals surface area (Å²) >= 11 is 1.70. The van der Waals surface area contributed by atoms with Gasteiger partial charge in [-0.25, -0.2) is 9.98 Å². The molecular weight excluding hydrogens is 292 g/mol. The van der Waals surface area contributed by atoms with E-state index in [0.717, 1.165) is 30.0 Å². The van der Waals surface area contributed by atoms with Gasteiger partial charge in [0.15, 0.2) is 4.80 Å². The van der Waals surface area contributed by atoms with Crippen molar-refractivity contribution in [3.8, 4) is 0 Å². The number of benzene rings is 1. The zero-order chi connectivity index (χ0) is 15.4. The van der Waals surface area contributed by atoms with E-state index in [9.17, 15) is 0 Å². The van der Waals surface area contributed by atoms with Gasteiger partial charge in [-0.1, -0.05) is 17.7 Å². The lowest BCUT2D eigenvalue weighted by atomic mass is 10.2. The molecule has 0 fully saturated rings. The van der Waals surface area contributed by atoms with Gasteiger partial charge in [-0.15, -0.1) is 11.3 Å². The van der Waals surface area contributed by atoms with Gasteiger partial charge in [0.05, 0.1) is 12.0 Å². The average Bonchev–Trinajstić information content (AvgIpc) is 3.14. The van der Waals surface area contributed by atoms with Gasteiger partial charge >= 0.3 is 0 Å². The van der Waals surface area contributed by atoms with E-state index in [1.165, 1.54) is 11.3 Å². The van der Waals surface area contributed by atoms with Gasteiger partial charge in [-0.05, 0) is 32.4 Å². The molecule has 5 heteroatoms. The summed E-state index contributed by atoms with van der Waals surface area (Å²) in [5, 5.41) is 2.17. The Bertz CT molecular complexity index is 779. The summed E-state index contributed by atoms with van der Waals surface area (Å²) in [4.78, 5) is 9.92. The SMILES string of the molecule is Cc1ccc(N=c2scc(C)n2CCCn2ccnc2)cc1. The van der Waals surface area contributed by atoms with Crippen molar-refractivity contribution < 1.29 is 0 Å². The second-order valence-corrected chi connectivity index (χ2v) is 6.25. The Balaban J connectivity index is 1.76. The van der Waals surface area contributed by atoms with Crippen molar-refractivity contribution in [2.75, 3.05) is 0 Å². The highest BCUT2D eigenvalue weighted by atomic mass is 32.1. The predicted octanol–water partition coefficient (Wildman–Crippen LogP) is 3.69. The highest BCUT2D eigenvalue weighted by molar-refractivity contribution is 7.07.